The molecule has 0 saturated heterocycles. The molecule has 3 nitrogen and oxygen atoms in total. The normalized spacial score (nSPS) is 10.4. The number of H-pyrrole nitrogens is 1. The van der Waals surface area contributed by atoms with E-state index >= 15 is 0 Å². The van der Waals surface area contributed by atoms with Crippen molar-refractivity contribution < 1.29 is 4.39 Å². The van der Waals surface area contributed by atoms with Crippen LogP contribution >= 0.6 is 15.9 Å². The third-order valence-electron chi connectivity index (χ3n) is 1.85. The quantitative estimate of drug-likeness (QED) is 0.895. The van der Waals surface area contributed by atoms with Crippen LogP contribution in [0.15, 0.2) is 29.0 Å². The molecule has 0 aliphatic heterocycles. The van der Waals surface area contributed by atoms with Gasteiger partial charge in [0.15, 0.2) is 0 Å². The van der Waals surface area contributed by atoms with E-state index < -0.39 is 0 Å². The summed E-state index contributed by atoms with van der Waals surface area (Å²) in [6, 6.07) is 4.93. The van der Waals surface area contributed by atoms with E-state index in [1.165, 1.54) is 12.4 Å². The first-order valence-corrected chi connectivity index (χ1v) is 4.84. The van der Waals surface area contributed by atoms with E-state index in [4.69, 9.17) is 0 Å². The van der Waals surface area contributed by atoms with E-state index in [2.05, 4.69) is 31.1 Å². The largest absolute Gasteiger partial charge is 0.263 e. The van der Waals surface area contributed by atoms with Crippen molar-refractivity contribution in [2.45, 2.75) is 6.42 Å². The van der Waals surface area contributed by atoms with E-state index in [1.54, 1.807) is 6.07 Å². The average molecular weight is 256 g/mol. The summed E-state index contributed by atoms with van der Waals surface area (Å²) in [4.78, 5) is 3.97. The summed E-state index contributed by atoms with van der Waals surface area (Å²) in [6.45, 7) is 0. The van der Waals surface area contributed by atoms with Gasteiger partial charge in [-0.05, 0) is 27.6 Å². The van der Waals surface area contributed by atoms with Gasteiger partial charge in [-0.3, -0.25) is 5.10 Å². The van der Waals surface area contributed by atoms with Crippen LogP contribution in [-0.2, 0) is 6.42 Å². The van der Waals surface area contributed by atoms with Crippen molar-refractivity contribution in [3.05, 3.63) is 46.2 Å². The highest BCUT2D eigenvalue weighted by Gasteiger charge is 2.06. The molecule has 1 aromatic carbocycles. The average Bonchev–Trinajstić information content (AvgIpc) is 2.66. The first kappa shape index (κ1) is 9.33. The molecule has 14 heavy (non-hydrogen) atoms. The number of aromatic nitrogens is 3. The molecular weight excluding hydrogens is 249 g/mol. The van der Waals surface area contributed by atoms with Crippen LogP contribution in [0.1, 0.15) is 11.4 Å². The fraction of sp³-hybridized carbons (Fsp3) is 0.111. The summed E-state index contributed by atoms with van der Waals surface area (Å²) in [6.07, 6.45) is 1.97. The lowest BCUT2D eigenvalue weighted by atomic mass is 10.1. The molecule has 1 N–H and O–H groups in total. The summed E-state index contributed by atoms with van der Waals surface area (Å²) in [7, 11) is 0. The number of nitrogens with zero attached hydrogens (tertiary/aromatic N) is 2. The van der Waals surface area contributed by atoms with E-state index in [1.807, 2.05) is 6.07 Å². The molecule has 0 spiro atoms. The van der Waals surface area contributed by atoms with Gasteiger partial charge in [0.25, 0.3) is 0 Å². The first-order chi connectivity index (χ1) is 6.77. The maximum Gasteiger partial charge on any atom is 0.137 e. The van der Waals surface area contributed by atoms with Crippen LogP contribution in [0.4, 0.5) is 4.39 Å². The van der Waals surface area contributed by atoms with Crippen LogP contribution in [-0.4, -0.2) is 15.2 Å². The molecule has 0 saturated carbocycles. The van der Waals surface area contributed by atoms with Gasteiger partial charge in [-0.15, -0.1) is 0 Å². The lowest BCUT2D eigenvalue weighted by Gasteiger charge is -2.02. The molecule has 0 atom stereocenters. The molecular formula is C9H7BrFN3. The fourth-order valence-electron chi connectivity index (χ4n) is 1.18. The lowest BCUT2D eigenvalue weighted by molar-refractivity contribution is 0.618. The number of hydrogen-bond acceptors (Lipinski definition) is 2. The minimum atomic E-state index is -0.262. The minimum Gasteiger partial charge on any atom is -0.263 e. The molecule has 1 heterocycles. The summed E-state index contributed by atoms with van der Waals surface area (Å²) < 4.78 is 13.6. The number of nitrogens with one attached hydrogen (secondary N) is 1. The van der Waals surface area contributed by atoms with Gasteiger partial charge in [0.2, 0.25) is 0 Å². The number of aromatic amines is 1. The standard InChI is InChI=1S/C9H7BrFN3/c10-9-6(2-1-3-7(9)11)4-8-12-5-13-14-8/h1-3,5H,4H2,(H,12,13,14). The zero-order chi connectivity index (χ0) is 9.97. The predicted octanol–water partition coefficient (Wildman–Crippen LogP) is 2.30. The van der Waals surface area contributed by atoms with Crippen molar-refractivity contribution in [2.75, 3.05) is 0 Å². The Morgan fingerprint density at radius 3 is 3.00 bits per heavy atom. The maximum atomic E-state index is 13.1. The van der Waals surface area contributed by atoms with E-state index in [0.29, 0.717) is 10.9 Å². The molecule has 0 aliphatic carbocycles. The second-order valence-electron chi connectivity index (χ2n) is 2.82. The van der Waals surface area contributed by atoms with Crippen LogP contribution in [0.5, 0.6) is 0 Å². The Hall–Kier alpha value is -1.23. The van der Waals surface area contributed by atoms with Crippen LogP contribution < -0.4 is 0 Å². The fourth-order valence-corrected chi connectivity index (χ4v) is 1.59. The lowest BCUT2D eigenvalue weighted by Crippen LogP contribution is -1.93. The van der Waals surface area contributed by atoms with Gasteiger partial charge in [-0.2, -0.15) is 5.10 Å². The molecule has 72 valence electrons. The Morgan fingerprint density at radius 2 is 2.29 bits per heavy atom. The van der Waals surface area contributed by atoms with E-state index in [-0.39, 0.29) is 5.82 Å². The molecule has 0 radical (unpaired) electrons. The second-order valence-corrected chi connectivity index (χ2v) is 3.61. The predicted molar refractivity (Wildman–Crippen MR) is 53.3 cm³/mol. The number of halogens is 2. The Kier molecular flexibility index (Phi) is 2.58. The Bertz CT molecular complexity index is 428. The van der Waals surface area contributed by atoms with Crippen LogP contribution in [0.25, 0.3) is 0 Å². The van der Waals surface area contributed by atoms with Crippen LogP contribution in [0, 0.1) is 5.82 Å². The van der Waals surface area contributed by atoms with Crippen molar-refractivity contribution in [1.82, 2.24) is 15.2 Å². The summed E-state index contributed by atoms with van der Waals surface area (Å²) in [5, 5.41) is 6.45. The van der Waals surface area contributed by atoms with Gasteiger partial charge < -0.3 is 0 Å². The molecule has 1 aromatic heterocycles. The van der Waals surface area contributed by atoms with Crippen molar-refractivity contribution in [1.29, 1.82) is 0 Å². The van der Waals surface area contributed by atoms with Crippen LogP contribution in [0.3, 0.4) is 0 Å². The summed E-state index contributed by atoms with van der Waals surface area (Å²) >= 11 is 3.19. The van der Waals surface area contributed by atoms with Gasteiger partial charge in [0.05, 0.1) is 4.47 Å². The van der Waals surface area contributed by atoms with Crippen molar-refractivity contribution in [3.63, 3.8) is 0 Å². The van der Waals surface area contributed by atoms with Gasteiger partial charge in [-0.25, -0.2) is 9.37 Å². The summed E-state index contributed by atoms with van der Waals surface area (Å²) in [5.74, 6) is 0.457. The zero-order valence-electron chi connectivity index (χ0n) is 7.17. The molecule has 2 rings (SSSR count). The molecule has 0 bridgehead atoms. The molecule has 5 heteroatoms. The Balaban J connectivity index is 2.29. The van der Waals surface area contributed by atoms with Crippen molar-refractivity contribution in [2.24, 2.45) is 0 Å². The monoisotopic (exact) mass is 255 g/mol. The van der Waals surface area contributed by atoms with E-state index in [0.717, 1.165) is 11.4 Å². The van der Waals surface area contributed by atoms with Gasteiger partial charge in [-0.1, -0.05) is 12.1 Å². The Morgan fingerprint density at radius 1 is 1.43 bits per heavy atom. The highest BCUT2D eigenvalue weighted by molar-refractivity contribution is 9.10. The zero-order valence-corrected chi connectivity index (χ0v) is 8.75. The van der Waals surface area contributed by atoms with Crippen molar-refractivity contribution in [3.8, 4) is 0 Å². The number of benzene rings is 1. The molecule has 0 unspecified atom stereocenters. The van der Waals surface area contributed by atoms with E-state index in [9.17, 15) is 4.39 Å². The number of rotatable bonds is 2. The van der Waals surface area contributed by atoms with Crippen molar-refractivity contribution >= 4 is 15.9 Å². The summed E-state index contributed by atoms with van der Waals surface area (Å²) in [5.41, 5.74) is 0.849. The molecule has 0 fully saturated rings. The SMILES string of the molecule is Fc1cccc(Cc2ncn[nH]2)c1Br. The maximum absolute atomic E-state index is 13.1. The number of hydrogen-bond donors (Lipinski definition) is 1. The van der Waals surface area contributed by atoms with Crippen LogP contribution in [0.2, 0.25) is 0 Å². The molecule has 0 aliphatic rings. The smallest absolute Gasteiger partial charge is 0.137 e. The minimum absolute atomic E-state index is 0.262. The third kappa shape index (κ3) is 1.82. The van der Waals surface area contributed by atoms with Gasteiger partial charge >= 0.3 is 0 Å². The molecule has 2 aromatic rings. The van der Waals surface area contributed by atoms with Gasteiger partial charge in [0.1, 0.15) is 18.0 Å². The molecule has 0 amide bonds. The first-order valence-electron chi connectivity index (χ1n) is 4.04. The van der Waals surface area contributed by atoms with Gasteiger partial charge in [0, 0.05) is 6.42 Å². The highest BCUT2D eigenvalue weighted by Crippen LogP contribution is 2.21. The third-order valence-corrected chi connectivity index (χ3v) is 2.74. The second kappa shape index (κ2) is 3.88. The topological polar surface area (TPSA) is 41.6 Å². The highest BCUT2D eigenvalue weighted by atomic mass is 79.9. The Labute approximate surface area is 88.5 Å².